The van der Waals surface area contributed by atoms with Crippen molar-refractivity contribution >= 4 is 0 Å². The zero-order chi connectivity index (χ0) is 14.8. The number of aliphatic hydroxyl groups excluding tert-OH is 2. The summed E-state index contributed by atoms with van der Waals surface area (Å²) in [4.78, 5) is 0. The van der Waals surface area contributed by atoms with Crippen LogP contribution >= 0.6 is 0 Å². The second-order valence-electron chi connectivity index (χ2n) is 4.31. The maximum absolute atomic E-state index is 9.77. The third kappa shape index (κ3) is 5.75. The predicted molar refractivity (Wildman–Crippen MR) is 75.2 cm³/mol. The molecule has 0 bridgehead atoms. The first-order valence-electron chi connectivity index (χ1n) is 6.49. The summed E-state index contributed by atoms with van der Waals surface area (Å²) >= 11 is 0. The Balaban J connectivity index is 2.40. The van der Waals surface area contributed by atoms with Crippen LogP contribution in [0, 0.1) is 0 Å². The van der Waals surface area contributed by atoms with E-state index in [0.29, 0.717) is 31.2 Å². The van der Waals surface area contributed by atoms with E-state index in [9.17, 15) is 5.11 Å². The molecule has 0 aliphatic carbocycles. The lowest BCUT2D eigenvalue weighted by atomic mass is 10.2. The van der Waals surface area contributed by atoms with Crippen LogP contribution in [0.4, 0.5) is 0 Å². The van der Waals surface area contributed by atoms with Gasteiger partial charge in [-0.3, -0.25) is 0 Å². The molecular weight excluding hydrogens is 262 g/mol. The fourth-order valence-electron chi connectivity index (χ4n) is 1.62. The fraction of sp³-hybridized carbons (Fsp3) is 0.571. The molecule has 0 amide bonds. The maximum Gasteiger partial charge on any atom is 0.161 e. The van der Waals surface area contributed by atoms with Gasteiger partial charge in [0.05, 0.1) is 20.3 Å². The molecule has 3 N–H and O–H groups in total. The molecule has 0 fully saturated rings. The maximum atomic E-state index is 9.77. The van der Waals surface area contributed by atoms with Crippen molar-refractivity contribution in [3.05, 3.63) is 23.8 Å². The van der Waals surface area contributed by atoms with E-state index in [0.717, 1.165) is 5.56 Å². The molecule has 0 aromatic heterocycles. The van der Waals surface area contributed by atoms with Crippen LogP contribution in [0.3, 0.4) is 0 Å². The summed E-state index contributed by atoms with van der Waals surface area (Å²) < 4.78 is 15.6. The Morgan fingerprint density at radius 1 is 1.25 bits per heavy atom. The van der Waals surface area contributed by atoms with Gasteiger partial charge in [0.15, 0.2) is 11.5 Å². The van der Waals surface area contributed by atoms with Crippen LogP contribution < -0.4 is 14.8 Å². The fourth-order valence-corrected chi connectivity index (χ4v) is 1.62. The molecule has 1 atom stereocenters. The summed E-state index contributed by atoms with van der Waals surface area (Å²) in [6.45, 7) is 1.82. The summed E-state index contributed by atoms with van der Waals surface area (Å²) in [6, 6.07) is 5.18. The minimum Gasteiger partial charge on any atom is -0.493 e. The van der Waals surface area contributed by atoms with E-state index in [1.807, 2.05) is 0 Å². The first-order chi connectivity index (χ1) is 9.71. The largest absolute Gasteiger partial charge is 0.493 e. The van der Waals surface area contributed by atoms with Crippen LogP contribution in [-0.2, 0) is 11.3 Å². The molecule has 6 heteroatoms. The van der Waals surface area contributed by atoms with Gasteiger partial charge in [-0.2, -0.15) is 0 Å². The van der Waals surface area contributed by atoms with E-state index < -0.39 is 6.10 Å². The monoisotopic (exact) mass is 285 g/mol. The minimum atomic E-state index is -0.617. The van der Waals surface area contributed by atoms with E-state index in [-0.39, 0.29) is 13.2 Å². The van der Waals surface area contributed by atoms with Crippen molar-refractivity contribution in [3.63, 3.8) is 0 Å². The molecule has 1 aromatic rings. The van der Waals surface area contributed by atoms with Crippen molar-refractivity contribution in [3.8, 4) is 11.5 Å². The normalized spacial score (nSPS) is 12.2. The zero-order valence-corrected chi connectivity index (χ0v) is 12.0. The molecule has 0 aliphatic rings. The molecule has 0 radical (unpaired) electrons. The standard InChI is InChI=1S/C14H23NO5/c1-18-6-5-15-8-12(17)10-20-13-4-3-11(9-16)7-14(13)19-2/h3-4,7,12,15-17H,5-6,8-10H2,1-2H3. The van der Waals surface area contributed by atoms with Gasteiger partial charge in [0.25, 0.3) is 0 Å². The Morgan fingerprint density at radius 3 is 2.70 bits per heavy atom. The summed E-state index contributed by atoms with van der Waals surface area (Å²) in [7, 11) is 3.16. The number of aliphatic hydroxyl groups is 2. The lowest BCUT2D eigenvalue weighted by molar-refractivity contribution is 0.102. The van der Waals surface area contributed by atoms with Crippen molar-refractivity contribution in [1.29, 1.82) is 0 Å². The molecular formula is C14H23NO5. The van der Waals surface area contributed by atoms with E-state index in [2.05, 4.69) is 5.32 Å². The molecule has 0 saturated heterocycles. The van der Waals surface area contributed by atoms with Crippen molar-refractivity contribution in [2.24, 2.45) is 0 Å². The summed E-state index contributed by atoms with van der Waals surface area (Å²) in [5, 5.41) is 21.9. The van der Waals surface area contributed by atoms with Gasteiger partial charge >= 0.3 is 0 Å². The van der Waals surface area contributed by atoms with E-state index in [1.165, 1.54) is 7.11 Å². The minimum absolute atomic E-state index is 0.0529. The highest BCUT2D eigenvalue weighted by molar-refractivity contribution is 5.42. The lowest BCUT2D eigenvalue weighted by Crippen LogP contribution is -2.33. The number of hydrogen-bond acceptors (Lipinski definition) is 6. The van der Waals surface area contributed by atoms with Crippen molar-refractivity contribution < 1.29 is 24.4 Å². The third-order valence-electron chi connectivity index (χ3n) is 2.70. The average Bonchev–Trinajstić information content (AvgIpc) is 2.49. The molecule has 20 heavy (non-hydrogen) atoms. The van der Waals surface area contributed by atoms with E-state index in [1.54, 1.807) is 25.3 Å². The highest BCUT2D eigenvalue weighted by Crippen LogP contribution is 2.28. The third-order valence-corrected chi connectivity index (χ3v) is 2.70. The first-order valence-corrected chi connectivity index (χ1v) is 6.49. The van der Waals surface area contributed by atoms with Gasteiger partial charge < -0.3 is 29.7 Å². The molecule has 0 saturated carbocycles. The van der Waals surface area contributed by atoms with Crippen molar-refractivity contribution in [2.75, 3.05) is 40.5 Å². The number of benzene rings is 1. The van der Waals surface area contributed by atoms with Crippen LogP contribution in [0.1, 0.15) is 5.56 Å². The van der Waals surface area contributed by atoms with Gasteiger partial charge in [0.1, 0.15) is 12.7 Å². The second-order valence-corrected chi connectivity index (χ2v) is 4.31. The Hall–Kier alpha value is -1.34. The van der Waals surface area contributed by atoms with Gasteiger partial charge in [-0.25, -0.2) is 0 Å². The SMILES string of the molecule is COCCNCC(O)COc1ccc(CO)cc1OC. The topological polar surface area (TPSA) is 80.2 Å². The second kappa shape index (κ2) is 9.55. The van der Waals surface area contributed by atoms with E-state index in [4.69, 9.17) is 19.3 Å². The summed E-state index contributed by atoms with van der Waals surface area (Å²) in [5.41, 5.74) is 0.746. The number of rotatable bonds is 10. The van der Waals surface area contributed by atoms with Crippen molar-refractivity contribution in [2.45, 2.75) is 12.7 Å². The van der Waals surface area contributed by atoms with Crippen LogP contribution in [0.15, 0.2) is 18.2 Å². The Kier molecular flexibility index (Phi) is 7.98. The van der Waals surface area contributed by atoms with Gasteiger partial charge in [-0.15, -0.1) is 0 Å². The van der Waals surface area contributed by atoms with Crippen molar-refractivity contribution in [1.82, 2.24) is 5.32 Å². The Bertz CT molecular complexity index is 386. The Morgan fingerprint density at radius 2 is 2.05 bits per heavy atom. The smallest absolute Gasteiger partial charge is 0.161 e. The predicted octanol–water partition coefficient (Wildman–Crippen LogP) is 0.163. The molecule has 114 valence electrons. The highest BCUT2D eigenvalue weighted by atomic mass is 16.5. The average molecular weight is 285 g/mol. The molecule has 1 unspecified atom stereocenters. The van der Waals surface area contributed by atoms with Gasteiger partial charge in [0, 0.05) is 20.2 Å². The molecule has 1 rings (SSSR count). The van der Waals surface area contributed by atoms with E-state index >= 15 is 0 Å². The highest BCUT2D eigenvalue weighted by Gasteiger charge is 2.09. The summed E-state index contributed by atoms with van der Waals surface area (Å²) in [6.07, 6.45) is -0.617. The molecule has 6 nitrogen and oxygen atoms in total. The first kappa shape index (κ1) is 16.7. The van der Waals surface area contributed by atoms with Gasteiger partial charge in [0.2, 0.25) is 0 Å². The van der Waals surface area contributed by atoms with Gasteiger partial charge in [-0.05, 0) is 17.7 Å². The quantitative estimate of drug-likeness (QED) is 0.532. The molecule has 1 aromatic carbocycles. The van der Waals surface area contributed by atoms with Crippen LogP contribution in [0.5, 0.6) is 11.5 Å². The van der Waals surface area contributed by atoms with Crippen LogP contribution in [0.2, 0.25) is 0 Å². The number of ether oxygens (including phenoxy) is 3. The molecule has 0 aliphatic heterocycles. The molecule has 0 spiro atoms. The van der Waals surface area contributed by atoms with Gasteiger partial charge in [-0.1, -0.05) is 6.07 Å². The molecule has 0 heterocycles. The summed E-state index contributed by atoms with van der Waals surface area (Å²) in [5.74, 6) is 1.08. The number of methoxy groups -OCH3 is 2. The zero-order valence-electron chi connectivity index (χ0n) is 12.0. The van der Waals surface area contributed by atoms with Crippen LogP contribution in [0.25, 0.3) is 0 Å². The lowest BCUT2D eigenvalue weighted by Gasteiger charge is -2.15. The van der Waals surface area contributed by atoms with Crippen LogP contribution in [-0.4, -0.2) is 56.8 Å². The Labute approximate surface area is 119 Å². The number of nitrogens with one attached hydrogen (secondary N) is 1. The number of hydrogen-bond donors (Lipinski definition) is 3.